The number of rotatable bonds is 2. The molecule has 0 aliphatic heterocycles. The van der Waals surface area contributed by atoms with Crippen molar-refractivity contribution in [2.24, 2.45) is 10.8 Å². The number of hydrazone groups is 1. The third kappa shape index (κ3) is 3.41. The predicted octanol–water partition coefficient (Wildman–Crippen LogP) is 1.81. The number of hydrogen-bond acceptors (Lipinski definition) is 3. The summed E-state index contributed by atoms with van der Waals surface area (Å²) in [4.78, 5) is 10.3. The number of halogens is 2. The maximum atomic E-state index is 10.3. The van der Waals surface area contributed by atoms with Gasteiger partial charge in [0.1, 0.15) is 5.75 Å². The van der Waals surface area contributed by atoms with E-state index in [1.807, 2.05) is 5.43 Å². The van der Waals surface area contributed by atoms with E-state index in [0.29, 0.717) is 10.0 Å². The number of hydrogen-bond donors (Lipinski definition) is 3. The molecular formula is C8H7BrClN3O2. The molecule has 7 heteroatoms. The summed E-state index contributed by atoms with van der Waals surface area (Å²) in [5, 5.41) is 13.2. The Morgan fingerprint density at radius 1 is 1.67 bits per heavy atom. The lowest BCUT2D eigenvalue weighted by Crippen LogP contribution is -2.24. The van der Waals surface area contributed by atoms with E-state index in [4.69, 9.17) is 17.3 Å². The Hall–Kier alpha value is -1.27. The lowest BCUT2D eigenvalue weighted by atomic mass is 10.2. The predicted molar refractivity (Wildman–Crippen MR) is 61.1 cm³/mol. The Morgan fingerprint density at radius 3 is 2.93 bits per heavy atom. The van der Waals surface area contributed by atoms with Gasteiger partial charge < -0.3 is 10.8 Å². The van der Waals surface area contributed by atoms with Crippen molar-refractivity contribution in [2.45, 2.75) is 0 Å². The molecule has 1 aromatic rings. The third-order valence-electron chi connectivity index (χ3n) is 1.44. The first-order valence-corrected chi connectivity index (χ1v) is 4.94. The largest absolute Gasteiger partial charge is 0.506 e. The molecule has 80 valence electrons. The second kappa shape index (κ2) is 4.99. The Labute approximate surface area is 99.0 Å². The van der Waals surface area contributed by atoms with Crippen molar-refractivity contribution in [3.05, 3.63) is 27.2 Å². The summed E-state index contributed by atoms with van der Waals surface area (Å²) in [5.41, 5.74) is 7.16. The lowest BCUT2D eigenvalue weighted by molar-refractivity contribution is 0.249. The molecule has 0 unspecified atom stereocenters. The molecule has 0 heterocycles. The van der Waals surface area contributed by atoms with Crippen LogP contribution >= 0.6 is 27.5 Å². The lowest BCUT2D eigenvalue weighted by Gasteiger charge is -2.02. The van der Waals surface area contributed by atoms with Gasteiger partial charge in [-0.05, 0) is 12.1 Å². The molecule has 1 rings (SSSR count). The first-order chi connectivity index (χ1) is 7.00. The number of carbonyl (C=O) groups is 1. The van der Waals surface area contributed by atoms with Gasteiger partial charge in [-0.15, -0.1) is 0 Å². The first-order valence-electron chi connectivity index (χ1n) is 3.77. The number of benzene rings is 1. The van der Waals surface area contributed by atoms with Crippen LogP contribution in [0.5, 0.6) is 5.75 Å². The van der Waals surface area contributed by atoms with Crippen molar-refractivity contribution in [1.29, 1.82) is 0 Å². The van der Waals surface area contributed by atoms with Crippen molar-refractivity contribution >= 4 is 39.8 Å². The molecule has 15 heavy (non-hydrogen) atoms. The van der Waals surface area contributed by atoms with Crippen LogP contribution in [-0.2, 0) is 0 Å². The van der Waals surface area contributed by atoms with E-state index >= 15 is 0 Å². The molecule has 0 atom stereocenters. The minimum atomic E-state index is -0.785. The zero-order chi connectivity index (χ0) is 11.4. The zero-order valence-electron chi connectivity index (χ0n) is 7.37. The summed E-state index contributed by atoms with van der Waals surface area (Å²) in [6.07, 6.45) is 1.23. The molecule has 2 amide bonds. The van der Waals surface area contributed by atoms with Crippen LogP contribution < -0.4 is 11.2 Å². The van der Waals surface area contributed by atoms with Crippen molar-refractivity contribution in [2.75, 3.05) is 0 Å². The summed E-state index contributed by atoms with van der Waals surface area (Å²) in [6, 6.07) is 2.34. The summed E-state index contributed by atoms with van der Waals surface area (Å²) in [5.74, 6) is -0.116. The summed E-state index contributed by atoms with van der Waals surface area (Å²) in [7, 11) is 0. The normalized spacial score (nSPS) is 10.5. The van der Waals surface area contributed by atoms with Crippen molar-refractivity contribution in [3.63, 3.8) is 0 Å². The number of primary amides is 1. The van der Waals surface area contributed by atoms with Crippen LogP contribution in [0.2, 0.25) is 5.02 Å². The number of aromatic hydroxyl groups is 1. The molecule has 0 fully saturated rings. The molecule has 0 radical (unpaired) electrons. The number of nitrogens with two attached hydrogens (primary N) is 1. The number of carbonyl (C=O) groups excluding carboxylic acids is 1. The van der Waals surface area contributed by atoms with E-state index in [1.165, 1.54) is 12.3 Å². The molecule has 0 saturated carbocycles. The number of nitrogens with one attached hydrogen (secondary N) is 1. The van der Waals surface area contributed by atoms with Crippen molar-refractivity contribution in [1.82, 2.24) is 5.43 Å². The van der Waals surface area contributed by atoms with Crippen molar-refractivity contribution in [3.8, 4) is 5.75 Å². The molecule has 4 N–H and O–H groups in total. The van der Waals surface area contributed by atoms with Gasteiger partial charge in [0, 0.05) is 10.0 Å². The Bertz CT molecular complexity index is 423. The summed E-state index contributed by atoms with van der Waals surface area (Å²) in [6.45, 7) is 0. The van der Waals surface area contributed by atoms with Gasteiger partial charge in [0.15, 0.2) is 0 Å². The highest BCUT2D eigenvalue weighted by atomic mass is 79.9. The molecule has 5 nitrogen and oxygen atoms in total. The molecule has 0 aliphatic carbocycles. The Balaban J connectivity index is 2.94. The van der Waals surface area contributed by atoms with Gasteiger partial charge in [0.25, 0.3) is 0 Å². The topological polar surface area (TPSA) is 87.7 Å². The summed E-state index contributed by atoms with van der Waals surface area (Å²) < 4.78 is 0.686. The van der Waals surface area contributed by atoms with E-state index in [0.717, 1.165) is 0 Å². The molecule has 0 aliphatic rings. The van der Waals surface area contributed by atoms with Gasteiger partial charge in [-0.3, -0.25) is 0 Å². The van der Waals surface area contributed by atoms with Crippen LogP contribution in [0.25, 0.3) is 0 Å². The van der Waals surface area contributed by atoms with Crippen LogP contribution in [0.1, 0.15) is 5.56 Å². The van der Waals surface area contributed by atoms with E-state index < -0.39 is 6.03 Å². The number of phenols is 1. The highest BCUT2D eigenvalue weighted by Gasteiger charge is 2.05. The van der Waals surface area contributed by atoms with Crippen molar-refractivity contribution < 1.29 is 9.90 Å². The molecule has 0 saturated heterocycles. The second-order valence-electron chi connectivity index (χ2n) is 2.56. The van der Waals surface area contributed by atoms with E-state index in [1.54, 1.807) is 6.07 Å². The Kier molecular flexibility index (Phi) is 3.93. The van der Waals surface area contributed by atoms with E-state index in [-0.39, 0.29) is 10.8 Å². The fourth-order valence-corrected chi connectivity index (χ4v) is 1.68. The average molecular weight is 293 g/mol. The van der Waals surface area contributed by atoms with Crippen LogP contribution in [-0.4, -0.2) is 17.4 Å². The number of phenolic OH excluding ortho intramolecular Hbond substituents is 1. The smallest absolute Gasteiger partial charge is 0.332 e. The molecule has 0 spiro atoms. The number of urea groups is 1. The highest BCUT2D eigenvalue weighted by Crippen LogP contribution is 2.30. The minimum Gasteiger partial charge on any atom is -0.506 e. The van der Waals surface area contributed by atoms with Crippen LogP contribution in [0.4, 0.5) is 4.79 Å². The standard InChI is InChI=1S/C8H7BrClN3O2/c9-5-1-4(3-12-13-8(11)15)7(14)6(10)2-5/h1-3,14H,(H3,11,13,15)/b12-3-. The maximum Gasteiger partial charge on any atom is 0.332 e. The monoisotopic (exact) mass is 291 g/mol. The Morgan fingerprint density at radius 2 is 2.33 bits per heavy atom. The number of nitrogens with zero attached hydrogens (tertiary/aromatic N) is 1. The minimum absolute atomic E-state index is 0.116. The van der Waals surface area contributed by atoms with Gasteiger partial charge in [0.2, 0.25) is 0 Å². The van der Waals surface area contributed by atoms with E-state index in [9.17, 15) is 9.90 Å². The van der Waals surface area contributed by atoms with Gasteiger partial charge in [-0.2, -0.15) is 5.10 Å². The molecule has 0 bridgehead atoms. The quantitative estimate of drug-likeness (QED) is 0.573. The summed E-state index contributed by atoms with van der Waals surface area (Å²) >= 11 is 8.91. The molecule has 1 aromatic carbocycles. The van der Waals surface area contributed by atoms with Crippen LogP contribution in [0.3, 0.4) is 0 Å². The van der Waals surface area contributed by atoms with Crippen LogP contribution in [0.15, 0.2) is 21.7 Å². The maximum absolute atomic E-state index is 10.3. The SMILES string of the molecule is NC(=O)N/N=C\c1cc(Br)cc(Cl)c1O. The second-order valence-corrected chi connectivity index (χ2v) is 3.88. The molecule has 0 aromatic heterocycles. The molecular weight excluding hydrogens is 285 g/mol. The zero-order valence-corrected chi connectivity index (χ0v) is 9.71. The van der Waals surface area contributed by atoms with Gasteiger partial charge >= 0.3 is 6.03 Å². The fourth-order valence-electron chi connectivity index (χ4n) is 0.850. The third-order valence-corrected chi connectivity index (χ3v) is 2.18. The van der Waals surface area contributed by atoms with Gasteiger partial charge in [-0.25, -0.2) is 10.2 Å². The van der Waals surface area contributed by atoms with E-state index in [2.05, 4.69) is 21.0 Å². The number of amides is 2. The highest BCUT2D eigenvalue weighted by molar-refractivity contribution is 9.10. The first kappa shape index (κ1) is 11.8. The van der Waals surface area contributed by atoms with Gasteiger partial charge in [-0.1, -0.05) is 27.5 Å². The van der Waals surface area contributed by atoms with Gasteiger partial charge in [0.05, 0.1) is 11.2 Å². The fraction of sp³-hybridized carbons (Fsp3) is 0. The van der Waals surface area contributed by atoms with Crippen LogP contribution in [0, 0.1) is 0 Å². The average Bonchev–Trinajstić information content (AvgIpc) is 2.12.